The lowest BCUT2D eigenvalue weighted by Gasteiger charge is -2.35. The van der Waals surface area contributed by atoms with Gasteiger partial charge in [0.2, 0.25) is 0 Å². The average Bonchev–Trinajstić information content (AvgIpc) is 2.73. The van der Waals surface area contributed by atoms with E-state index in [0.29, 0.717) is 50.2 Å². The van der Waals surface area contributed by atoms with Gasteiger partial charge in [0.15, 0.2) is 5.96 Å². The van der Waals surface area contributed by atoms with Gasteiger partial charge >= 0.3 is 0 Å². The summed E-state index contributed by atoms with van der Waals surface area (Å²) >= 11 is 0. The molecule has 2 heterocycles. The van der Waals surface area contributed by atoms with Crippen LogP contribution >= 0.6 is 0 Å². The first-order chi connectivity index (χ1) is 14.5. The normalized spacial score (nSPS) is 20.1. The van der Waals surface area contributed by atoms with Gasteiger partial charge in [0, 0.05) is 44.8 Å². The molecule has 6 nitrogen and oxygen atoms in total. The number of benzene rings is 1. The molecule has 0 aliphatic carbocycles. The number of piperidine rings is 2. The zero-order valence-corrected chi connectivity index (χ0v) is 18.7. The standard InChI is InChI=1S/C23H38FN5O/c1-4-25-23(27-19-7-11-28(12-8-19)17(2)3)26-16-18-5-6-22(21(24)15-18)29-13-9-20(30)10-14-29/h5-6,15,17,19-20,30H,4,7-14,16H2,1-3H3,(H2,25,26,27). The zero-order chi connectivity index (χ0) is 21.5. The Morgan fingerprint density at radius 1 is 1.17 bits per heavy atom. The Labute approximate surface area is 180 Å². The van der Waals surface area contributed by atoms with Crippen molar-refractivity contribution in [1.29, 1.82) is 0 Å². The van der Waals surface area contributed by atoms with Crippen molar-refractivity contribution in [1.82, 2.24) is 15.5 Å². The van der Waals surface area contributed by atoms with Crippen LogP contribution in [-0.2, 0) is 6.54 Å². The molecule has 0 unspecified atom stereocenters. The molecule has 0 amide bonds. The molecule has 3 rings (SSSR count). The minimum absolute atomic E-state index is 0.210. The van der Waals surface area contributed by atoms with Crippen LogP contribution in [0.5, 0.6) is 0 Å². The molecule has 30 heavy (non-hydrogen) atoms. The Morgan fingerprint density at radius 3 is 2.47 bits per heavy atom. The van der Waals surface area contributed by atoms with E-state index in [1.807, 2.05) is 17.0 Å². The Hall–Kier alpha value is -1.86. The fourth-order valence-electron chi connectivity index (χ4n) is 4.26. The summed E-state index contributed by atoms with van der Waals surface area (Å²) in [6, 6.07) is 6.42. The number of aliphatic hydroxyl groups excluding tert-OH is 1. The highest BCUT2D eigenvalue weighted by Crippen LogP contribution is 2.24. The second kappa shape index (κ2) is 11.0. The summed E-state index contributed by atoms with van der Waals surface area (Å²) in [6.07, 6.45) is 3.35. The van der Waals surface area contributed by atoms with Crippen molar-refractivity contribution in [2.45, 2.75) is 71.2 Å². The fourth-order valence-corrected chi connectivity index (χ4v) is 4.26. The number of hydrogen-bond donors (Lipinski definition) is 3. The quantitative estimate of drug-likeness (QED) is 0.489. The van der Waals surface area contributed by atoms with E-state index in [4.69, 9.17) is 4.99 Å². The Balaban J connectivity index is 1.57. The lowest BCUT2D eigenvalue weighted by Crippen LogP contribution is -2.49. The summed E-state index contributed by atoms with van der Waals surface area (Å²) in [6.45, 7) is 11.4. The van der Waals surface area contributed by atoms with Crippen molar-refractivity contribution in [3.8, 4) is 0 Å². The van der Waals surface area contributed by atoms with Gasteiger partial charge in [-0.1, -0.05) is 6.07 Å². The summed E-state index contributed by atoms with van der Waals surface area (Å²) in [5.41, 5.74) is 1.48. The summed E-state index contributed by atoms with van der Waals surface area (Å²) in [5, 5.41) is 16.5. The number of rotatable bonds is 6. The Kier molecular flexibility index (Phi) is 8.33. The van der Waals surface area contributed by atoms with E-state index >= 15 is 0 Å². The first kappa shape index (κ1) is 22.8. The van der Waals surface area contributed by atoms with Crippen LogP contribution in [0, 0.1) is 5.82 Å². The van der Waals surface area contributed by atoms with Gasteiger partial charge in [0.25, 0.3) is 0 Å². The molecule has 1 aromatic rings. The number of anilines is 1. The molecular weight excluding hydrogens is 381 g/mol. The molecule has 2 aliphatic heterocycles. The van der Waals surface area contributed by atoms with Crippen molar-refractivity contribution in [3.05, 3.63) is 29.6 Å². The van der Waals surface area contributed by atoms with Crippen LogP contribution in [0.1, 0.15) is 52.0 Å². The van der Waals surface area contributed by atoms with E-state index in [9.17, 15) is 9.50 Å². The predicted octanol–water partition coefficient (Wildman–Crippen LogP) is 2.71. The maximum atomic E-state index is 14.7. The van der Waals surface area contributed by atoms with Crippen LogP contribution < -0.4 is 15.5 Å². The molecule has 0 aromatic heterocycles. The number of guanidine groups is 1. The third-order valence-corrected chi connectivity index (χ3v) is 6.18. The van der Waals surface area contributed by atoms with Crippen LogP contribution in [0.15, 0.2) is 23.2 Å². The number of aliphatic hydroxyl groups is 1. The Bertz CT molecular complexity index is 695. The van der Waals surface area contributed by atoms with Crippen molar-refractivity contribution >= 4 is 11.6 Å². The van der Waals surface area contributed by atoms with Gasteiger partial charge in [-0.3, -0.25) is 0 Å². The van der Waals surface area contributed by atoms with E-state index in [1.165, 1.54) is 0 Å². The minimum atomic E-state index is -0.257. The lowest BCUT2D eigenvalue weighted by molar-refractivity contribution is 0.145. The summed E-state index contributed by atoms with van der Waals surface area (Å²) in [4.78, 5) is 9.22. The third kappa shape index (κ3) is 6.32. The number of nitrogens with zero attached hydrogens (tertiary/aromatic N) is 3. The smallest absolute Gasteiger partial charge is 0.191 e. The van der Waals surface area contributed by atoms with Gasteiger partial charge in [0.1, 0.15) is 5.82 Å². The number of hydrogen-bond acceptors (Lipinski definition) is 4. The molecule has 0 atom stereocenters. The molecule has 168 valence electrons. The number of halogens is 1. The first-order valence-corrected chi connectivity index (χ1v) is 11.5. The third-order valence-electron chi connectivity index (χ3n) is 6.18. The number of aliphatic imine (C=N–C) groups is 1. The lowest BCUT2D eigenvalue weighted by atomic mass is 10.0. The molecule has 0 saturated carbocycles. The minimum Gasteiger partial charge on any atom is -0.393 e. The maximum Gasteiger partial charge on any atom is 0.191 e. The molecular formula is C23H38FN5O. The summed E-state index contributed by atoms with van der Waals surface area (Å²) < 4.78 is 14.7. The number of likely N-dealkylation sites (tertiary alicyclic amines) is 1. The molecule has 0 spiro atoms. The molecule has 2 fully saturated rings. The van der Waals surface area contributed by atoms with E-state index < -0.39 is 0 Å². The van der Waals surface area contributed by atoms with Crippen molar-refractivity contribution in [2.24, 2.45) is 4.99 Å². The fraction of sp³-hybridized carbons (Fsp3) is 0.696. The summed E-state index contributed by atoms with van der Waals surface area (Å²) in [7, 11) is 0. The van der Waals surface area contributed by atoms with E-state index in [1.54, 1.807) is 6.07 Å². The number of nitrogens with one attached hydrogen (secondary N) is 2. The molecule has 7 heteroatoms. The molecule has 2 aliphatic rings. The molecule has 3 N–H and O–H groups in total. The van der Waals surface area contributed by atoms with Crippen LogP contribution in [0.4, 0.5) is 10.1 Å². The Morgan fingerprint density at radius 2 is 1.87 bits per heavy atom. The van der Waals surface area contributed by atoms with Gasteiger partial charge in [-0.2, -0.15) is 0 Å². The largest absolute Gasteiger partial charge is 0.393 e. The zero-order valence-electron chi connectivity index (χ0n) is 18.7. The monoisotopic (exact) mass is 419 g/mol. The molecule has 2 saturated heterocycles. The summed E-state index contributed by atoms with van der Waals surface area (Å²) in [5.74, 6) is 0.591. The predicted molar refractivity (Wildman–Crippen MR) is 122 cm³/mol. The van der Waals surface area contributed by atoms with Gasteiger partial charge in [-0.25, -0.2) is 9.38 Å². The molecule has 0 radical (unpaired) electrons. The highest BCUT2D eigenvalue weighted by molar-refractivity contribution is 5.80. The molecule has 1 aromatic carbocycles. The second-order valence-electron chi connectivity index (χ2n) is 8.75. The van der Waals surface area contributed by atoms with Gasteiger partial charge in [0.05, 0.1) is 18.3 Å². The van der Waals surface area contributed by atoms with Crippen molar-refractivity contribution in [2.75, 3.05) is 37.6 Å². The SMILES string of the molecule is CCNC(=NCc1ccc(N2CCC(O)CC2)c(F)c1)NC1CCN(C(C)C)CC1. The highest BCUT2D eigenvalue weighted by atomic mass is 19.1. The van der Waals surface area contributed by atoms with Crippen LogP contribution in [0.2, 0.25) is 0 Å². The average molecular weight is 420 g/mol. The van der Waals surface area contributed by atoms with Gasteiger partial charge < -0.3 is 25.5 Å². The van der Waals surface area contributed by atoms with Crippen LogP contribution in [0.3, 0.4) is 0 Å². The van der Waals surface area contributed by atoms with Gasteiger partial charge in [-0.15, -0.1) is 0 Å². The highest BCUT2D eigenvalue weighted by Gasteiger charge is 2.22. The van der Waals surface area contributed by atoms with Crippen LogP contribution in [0.25, 0.3) is 0 Å². The topological polar surface area (TPSA) is 63.1 Å². The van der Waals surface area contributed by atoms with E-state index in [2.05, 4.69) is 36.3 Å². The van der Waals surface area contributed by atoms with E-state index in [-0.39, 0.29) is 11.9 Å². The van der Waals surface area contributed by atoms with Crippen molar-refractivity contribution < 1.29 is 9.50 Å². The first-order valence-electron chi connectivity index (χ1n) is 11.5. The maximum absolute atomic E-state index is 14.7. The molecule has 0 bridgehead atoms. The van der Waals surface area contributed by atoms with Crippen molar-refractivity contribution in [3.63, 3.8) is 0 Å². The van der Waals surface area contributed by atoms with E-state index in [0.717, 1.165) is 44.0 Å². The van der Waals surface area contributed by atoms with Gasteiger partial charge in [-0.05, 0) is 64.2 Å². The second-order valence-corrected chi connectivity index (χ2v) is 8.75. The van der Waals surface area contributed by atoms with Crippen LogP contribution in [-0.4, -0.2) is 66.9 Å².